The van der Waals surface area contributed by atoms with E-state index < -0.39 is 0 Å². The van der Waals surface area contributed by atoms with Crippen LogP contribution in [0.5, 0.6) is 0 Å². The third-order valence-corrected chi connectivity index (χ3v) is 6.90. The van der Waals surface area contributed by atoms with Crippen molar-refractivity contribution in [1.82, 2.24) is 14.4 Å². The number of aromatic nitrogens is 1. The van der Waals surface area contributed by atoms with Crippen molar-refractivity contribution in [2.24, 2.45) is 0 Å². The van der Waals surface area contributed by atoms with Crippen LogP contribution in [-0.2, 0) is 6.54 Å². The predicted octanol–water partition coefficient (Wildman–Crippen LogP) is 5.48. The molecule has 1 aliphatic rings. The number of amides is 1. The molecule has 2 N–H and O–H groups in total. The SMILES string of the molecule is Nc1ccc(-n2cc(C(=O)N3CCN(Cc4ccc(Cl)c(Cl)c4)CC3)c3ccccc32)cc1. The summed E-state index contributed by atoms with van der Waals surface area (Å²) >= 11 is 12.2. The minimum atomic E-state index is 0.0644. The molecule has 3 aromatic carbocycles. The van der Waals surface area contributed by atoms with Crippen LogP contribution in [0.2, 0.25) is 10.0 Å². The van der Waals surface area contributed by atoms with Gasteiger partial charge in [-0.15, -0.1) is 0 Å². The van der Waals surface area contributed by atoms with E-state index in [1.54, 1.807) is 0 Å². The van der Waals surface area contributed by atoms with Crippen molar-refractivity contribution in [3.05, 3.63) is 94.1 Å². The zero-order valence-corrected chi connectivity index (χ0v) is 19.6. The summed E-state index contributed by atoms with van der Waals surface area (Å²) in [5, 5.41) is 2.09. The lowest BCUT2D eigenvalue weighted by Gasteiger charge is -2.34. The van der Waals surface area contributed by atoms with E-state index in [2.05, 4.69) is 9.47 Å². The number of carbonyl (C=O) groups excluding carboxylic acids is 1. The number of nitrogens with zero attached hydrogens (tertiary/aromatic N) is 3. The molecular weight excluding hydrogens is 455 g/mol. The van der Waals surface area contributed by atoms with Crippen LogP contribution < -0.4 is 5.73 Å². The van der Waals surface area contributed by atoms with E-state index in [9.17, 15) is 4.79 Å². The number of halogens is 2. The average Bonchev–Trinajstić information content (AvgIpc) is 3.22. The van der Waals surface area contributed by atoms with Crippen molar-refractivity contribution < 1.29 is 4.79 Å². The zero-order valence-electron chi connectivity index (χ0n) is 18.0. The summed E-state index contributed by atoms with van der Waals surface area (Å²) < 4.78 is 2.06. The Balaban J connectivity index is 1.33. The number of nitrogens with two attached hydrogens (primary N) is 1. The van der Waals surface area contributed by atoms with Crippen LogP contribution in [0.25, 0.3) is 16.6 Å². The molecule has 5 rings (SSSR count). The molecule has 1 fully saturated rings. The zero-order chi connectivity index (χ0) is 22.9. The van der Waals surface area contributed by atoms with Gasteiger partial charge in [-0.2, -0.15) is 0 Å². The van der Waals surface area contributed by atoms with E-state index in [4.69, 9.17) is 28.9 Å². The predicted molar refractivity (Wildman–Crippen MR) is 135 cm³/mol. The van der Waals surface area contributed by atoms with Crippen molar-refractivity contribution in [2.45, 2.75) is 6.54 Å². The number of nitrogen functional groups attached to an aromatic ring is 1. The molecule has 1 amide bonds. The van der Waals surface area contributed by atoms with Crippen LogP contribution in [0.3, 0.4) is 0 Å². The van der Waals surface area contributed by atoms with Crippen LogP contribution in [0.4, 0.5) is 5.69 Å². The molecule has 1 saturated heterocycles. The van der Waals surface area contributed by atoms with Gasteiger partial charge in [0.15, 0.2) is 0 Å². The number of fused-ring (bicyclic) bond motifs is 1. The first-order chi connectivity index (χ1) is 16.0. The first-order valence-electron chi connectivity index (χ1n) is 10.9. The Kier molecular flexibility index (Phi) is 6.02. The summed E-state index contributed by atoms with van der Waals surface area (Å²) in [6.45, 7) is 3.77. The molecule has 7 heteroatoms. The Morgan fingerprint density at radius 2 is 1.61 bits per heavy atom. The van der Waals surface area contributed by atoms with E-state index in [1.165, 1.54) is 0 Å². The molecule has 0 aliphatic carbocycles. The molecule has 2 heterocycles. The van der Waals surface area contributed by atoms with Crippen LogP contribution in [-0.4, -0.2) is 46.5 Å². The van der Waals surface area contributed by atoms with Crippen molar-refractivity contribution >= 4 is 45.7 Å². The molecular formula is C26H24Cl2N4O. The number of rotatable bonds is 4. The van der Waals surface area contributed by atoms with E-state index in [1.807, 2.05) is 77.8 Å². The highest BCUT2D eigenvalue weighted by atomic mass is 35.5. The number of anilines is 1. The largest absolute Gasteiger partial charge is 0.399 e. The van der Waals surface area contributed by atoms with Crippen molar-refractivity contribution in [3.8, 4) is 5.69 Å². The highest BCUT2D eigenvalue weighted by molar-refractivity contribution is 6.42. The van der Waals surface area contributed by atoms with Gasteiger partial charge in [-0.25, -0.2) is 0 Å². The van der Waals surface area contributed by atoms with Gasteiger partial charge in [0.2, 0.25) is 0 Å². The normalized spacial score (nSPS) is 14.7. The Bertz CT molecular complexity index is 1310. The Morgan fingerprint density at radius 3 is 2.33 bits per heavy atom. The van der Waals surface area contributed by atoms with Gasteiger partial charge in [0, 0.05) is 55.7 Å². The first kappa shape index (κ1) is 21.8. The number of hydrogen-bond acceptors (Lipinski definition) is 3. The second kappa shape index (κ2) is 9.10. The number of carbonyl (C=O) groups is 1. The van der Waals surface area contributed by atoms with Gasteiger partial charge in [0.25, 0.3) is 5.91 Å². The van der Waals surface area contributed by atoms with Crippen LogP contribution in [0.1, 0.15) is 15.9 Å². The maximum absolute atomic E-state index is 13.5. The summed E-state index contributed by atoms with van der Waals surface area (Å²) in [6, 6.07) is 21.4. The van der Waals surface area contributed by atoms with Crippen LogP contribution >= 0.6 is 23.2 Å². The van der Waals surface area contributed by atoms with E-state index in [-0.39, 0.29) is 5.91 Å². The second-order valence-electron chi connectivity index (χ2n) is 8.34. The molecule has 1 aromatic heterocycles. The quantitative estimate of drug-likeness (QED) is 0.395. The molecule has 4 aromatic rings. The van der Waals surface area contributed by atoms with Gasteiger partial charge in [0.1, 0.15) is 0 Å². The van der Waals surface area contributed by atoms with Crippen molar-refractivity contribution in [1.29, 1.82) is 0 Å². The lowest BCUT2D eigenvalue weighted by atomic mass is 10.1. The molecule has 168 valence electrons. The molecule has 5 nitrogen and oxygen atoms in total. The fourth-order valence-electron chi connectivity index (χ4n) is 4.37. The molecule has 0 unspecified atom stereocenters. The van der Waals surface area contributed by atoms with E-state index in [0.717, 1.165) is 47.4 Å². The van der Waals surface area contributed by atoms with Gasteiger partial charge in [-0.05, 0) is 48.0 Å². The highest BCUT2D eigenvalue weighted by Crippen LogP contribution is 2.27. The van der Waals surface area contributed by atoms with Gasteiger partial charge >= 0.3 is 0 Å². The molecule has 0 radical (unpaired) electrons. The van der Waals surface area contributed by atoms with Gasteiger partial charge in [-0.1, -0.05) is 47.5 Å². The summed E-state index contributed by atoms with van der Waals surface area (Å²) in [5.41, 5.74) is 10.4. The summed E-state index contributed by atoms with van der Waals surface area (Å²) in [7, 11) is 0. The smallest absolute Gasteiger partial charge is 0.256 e. The molecule has 1 aliphatic heterocycles. The summed E-state index contributed by atoms with van der Waals surface area (Å²) in [5.74, 6) is 0.0644. The number of hydrogen-bond donors (Lipinski definition) is 1. The molecule has 33 heavy (non-hydrogen) atoms. The number of piperazine rings is 1. The summed E-state index contributed by atoms with van der Waals surface area (Å²) in [6.07, 6.45) is 1.95. The van der Waals surface area contributed by atoms with Gasteiger partial charge in [-0.3, -0.25) is 9.69 Å². The molecule has 0 saturated carbocycles. The van der Waals surface area contributed by atoms with E-state index in [0.29, 0.717) is 28.8 Å². The topological polar surface area (TPSA) is 54.5 Å². The van der Waals surface area contributed by atoms with Crippen molar-refractivity contribution in [2.75, 3.05) is 31.9 Å². The molecule has 0 spiro atoms. The summed E-state index contributed by atoms with van der Waals surface area (Å²) in [4.78, 5) is 17.8. The second-order valence-corrected chi connectivity index (χ2v) is 9.15. The fraction of sp³-hybridized carbons (Fsp3) is 0.192. The maximum Gasteiger partial charge on any atom is 0.256 e. The first-order valence-corrected chi connectivity index (χ1v) is 11.7. The highest BCUT2D eigenvalue weighted by Gasteiger charge is 2.25. The monoisotopic (exact) mass is 478 g/mol. The maximum atomic E-state index is 13.5. The minimum Gasteiger partial charge on any atom is -0.399 e. The van der Waals surface area contributed by atoms with Crippen LogP contribution in [0.15, 0.2) is 72.9 Å². The third kappa shape index (κ3) is 4.44. The van der Waals surface area contributed by atoms with Gasteiger partial charge < -0.3 is 15.2 Å². The van der Waals surface area contributed by atoms with Gasteiger partial charge in [0.05, 0.1) is 21.1 Å². The minimum absolute atomic E-state index is 0.0644. The number of para-hydroxylation sites is 1. The third-order valence-electron chi connectivity index (χ3n) is 6.16. The fourth-order valence-corrected chi connectivity index (χ4v) is 4.69. The lowest BCUT2D eigenvalue weighted by molar-refractivity contribution is 0.0630. The van der Waals surface area contributed by atoms with Crippen molar-refractivity contribution in [3.63, 3.8) is 0 Å². The van der Waals surface area contributed by atoms with Crippen LogP contribution in [0, 0.1) is 0 Å². The van der Waals surface area contributed by atoms with E-state index >= 15 is 0 Å². The molecule has 0 bridgehead atoms. The standard InChI is InChI=1S/C26H24Cl2N4O/c27-23-10-5-18(15-24(23)28)16-30-11-13-31(14-12-30)26(33)22-17-32(20-8-6-19(29)7-9-20)25-4-2-1-3-21(22)25/h1-10,15,17H,11-14,16,29H2. The lowest BCUT2D eigenvalue weighted by Crippen LogP contribution is -2.48. The Morgan fingerprint density at radius 1 is 0.879 bits per heavy atom. The Labute approximate surface area is 202 Å². The average molecular weight is 479 g/mol. The Hall–Kier alpha value is -2.99. The molecule has 0 atom stereocenters. The number of benzene rings is 3.